The second-order valence-electron chi connectivity index (χ2n) is 5.40. The Kier molecular flexibility index (Phi) is 5.76. The van der Waals surface area contributed by atoms with Crippen LogP contribution in [0.25, 0.3) is 0 Å². The van der Waals surface area contributed by atoms with Crippen molar-refractivity contribution in [2.75, 3.05) is 6.54 Å². The molecule has 1 aromatic rings. The van der Waals surface area contributed by atoms with Crippen LogP contribution in [-0.2, 0) is 0 Å². The summed E-state index contributed by atoms with van der Waals surface area (Å²) in [7, 11) is 0. The SMILES string of the molecule is C[C@@H](NCCCC(C)(C)/C(N)=N/O)c1ccccn1. The van der Waals surface area contributed by atoms with Crippen molar-refractivity contribution >= 4 is 5.84 Å². The fourth-order valence-corrected chi connectivity index (χ4v) is 1.85. The summed E-state index contributed by atoms with van der Waals surface area (Å²) < 4.78 is 0. The molecular weight excluding hydrogens is 240 g/mol. The maximum absolute atomic E-state index is 8.70. The average Bonchev–Trinajstić information content (AvgIpc) is 2.43. The Hall–Kier alpha value is -1.62. The van der Waals surface area contributed by atoms with Crippen molar-refractivity contribution < 1.29 is 5.21 Å². The highest BCUT2D eigenvalue weighted by molar-refractivity contribution is 5.85. The average molecular weight is 264 g/mol. The molecule has 0 aliphatic rings. The van der Waals surface area contributed by atoms with E-state index in [4.69, 9.17) is 10.9 Å². The number of hydrogen-bond acceptors (Lipinski definition) is 4. The number of oxime groups is 1. The van der Waals surface area contributed by atoms with E-state index in [1.165, 1.54) is 0 Å². The van der Waals surface area contributed by atoms with Crippen LogP contribution in [0.2, 0.25) is 0 Å². The molecule has 0 radical (unpaired) electrons. The van der Waals surface area contributed by atoms with Crippen molar-refractivity contribution in [3.8, 4) is 0 Å². The highest BCUT2D eigenvalue weighted by atomic mass is 16.4. The van der Waals surface area contributed by atoms with Crippen molar-refractivity contribution in [1.82, 2.24) is 10.3 Å². The largest absolute Gasteiger partial charge is 0.409 e. The van der Waals surface area contributed by atoms with Gasteiger partial charge in [-0.3, -0.25) is 4.98 Å². The minimum atomic E-state index is -0.273. The van der Waals surface area contributed by atoms with Gasteiger partial charge in [0.25, 0.3) is 0 Å². The lowest BCUT2D eigenvalue weighted by atomic mass is 9.86. The van der Waals surface area contributed by atoms with E-state index in [1.54, 1.807) is 6.20 Å². The third-order valence-corrected chi connectivity index (χ3v) is 3.36. The van der Waals surface area contributed by atoms with E-state index in [9.17, 15) is 0 Å². The molecule has 1 heterocycles. The molecule has 0 unspecified atom stereocenters. The fraction of sp³-hybridized carbons (Fsp3) is 0.571. The molecular formula is C14H24N4O. The standard InChI is InChI=1S/C14H24N4O/c1-11(12-7-4-5-9-17-12)16-10-6-8-14(2,3)13(15)18-19/h4-5,7,9,11,16,19H,6,8,10H2,1-3H3,(H2,15,18)/t11-/m1/s1. The summed E-state index contributed by atoms with van der Waals surface area (Å²) in [6, 6.07) is 6.14. The molecule has 0 amide bonds. The van der Waals surface area contributed by atoms with Crippen molar-refractivity contribution in [2.24, 2.45) is 16.3 Å². The topological polar surface area (TPSA) is 83.5 Å². The number of nitrogens with one attached hydrogen (secondary N) is 1. The van der Waals surface area contributed by atoms with E-state index in [0.717, 1.165) is 25.1 Å². The first kappa shape index (κ1) is 15.4. The first-order chi connectivity index (χ1) is 8.97. The van der Waals surface area contributed by atoms with Gasteiger partial charge in [-0.25, -0.2) is 0 Å². The summed E-state index contributed by atoms with van der Waals surface area (Å²) in [4.78, 5) is 4.31. The monoisotopic (exact) mass is 264 g/mol. The molecule has 5 nitrogen and oxygen atoms in total. The van der Waals surface area contributed by atoms with Crippen LogP contribution in [0.15, 0.2) is 29.6 Å². The molecule has 4 N–H and O–H groups in total. The predicted octanol–water partition coefficient (Wildman–Crippen LogP) is 2.29. The Labute approximate surface area is 114 Å². The van der Waals surface area contributed by atoms with E-state index in [-0.39, 0.29) is 17.3 Å². The van der Waals surface area contributed by atoms with Crippen LogP contribution in [0.5, 0.6) is 0 Å². The second-order valence-corrected chi connectivity index (χ2v) is 5.40. The van der Waals surface area contributed by atoms with Crippen molar-refractivity contribution in [3.63, 3.8) is 0 Å². The molecule has 0 saturated carbocycles. The number of pyridine rings is 1. The van der Waals surface area contributed by atoms with Gasteiger partial charge in [-0.05, 0) is 38.4 Å². The van der Waals surface area contributed by atoms with Crippen molar-refractivity contribution in [3.05, 3.63) is 30.1 Å². The molecule has 1 aromatic heterocycles. The number of hydrogen-bond donors (Lipinski definition) is 3. The number of rotatable bonds is 7. The molecule has 19 heavy (non-hydrogen) atoms. The summed E-state index contributed by atoms with van der Waals surface area (Å²) in [6.07, 6.45) is 3.63. The molecule has 1 rings (SSSR count). The zero-order valence-corrected chi connectivity index (χ0v) is 11.9. The highest BCUT2D eigenvalue weighted by Gasteiger charge is 2.22. The first-order valence-electron chi connectivity index (χ1n) is 6.59. The van der Waals surface area contributed by atoms with Gasteiger partial charge in [0.15, 0.2) is 0 Å². The number of nitrogens with zero attached hydrogens (tertiary/aromatic N) is 2. The van der Waals surface area contributed by atoms with Crippen molar-refractivity contribution in [2.45, 2.75) is 39.7 Å². The quantitative estimate of drug-likeness (QED) is 0.232. The van der Waals surface area contributed by atoms with E-state index in [2.05, 4.69) is 22.4 Å². The highest BCUT2D eigenvalue weighted by Crippen LogP contribution is 2.22. The Morgan fingerprint density at radius 2 is 2.26 bits per heavy atom. The van der Waals surface area contributed by atoms with Gasteiger partial charge in [0, 0.05) is 17.7 Å². The van der Waals surface area contributed by atoms with Gasteiger partial charge in [0.05, 0.1) is 5.69 Å². The van der Waals surface area contributed by atoms with Crippen molar-refractivity contribution in [1.29, 1.82) is 0 Å². The summed E-state index contributed by atoms with van der Waals surface area (Å²) >= 11 is 0. The Balaban J connectivity index is 2.32. The molecule has 0 bridgehead atoms. The first-order valence-corrected chi connectivity index (χ1v) is 6.59. The zero-order chi connectivity index (χ0) is 14.3. The molecule has 0 aromatic carbocycles. The smallest absolute Gasteiger partial charge is 0.144 e. The molecule has 0 aliphatic carbocycles. The predicted molar refractivity (Wildman–Crippen MR) is 77.1 cm³/mol. The summed E-state index contributed by atoms with van der Waals surface area (Å²) in [6.45, 7) is 6.92. The maximum Gasteiger partial charge on any atom is 0.144 e. The lowest BCUT2D eigenvalue weighted by Crippen LogP contribution is -2.33. The van der Waals surface area contributed by atoms with E-state index in [0.29, 0.717) is 0 Å². The molecule has 0 saturated heterocycles. The van der Waals surface area contributed by atoms with Crippen LogP contribution in [-0.4, -0.2) is 22.6 Å². The van der Waals surface area contributed by atoms with Crippen LogP contribution < -0.4 is 11.1 Å². The van der Waals surface area contributed by atoms with Gasteiger partial charge in [0.2, 0.25) is 0 Å². The maximum atomic E-state index is 8.70. The number of aromatic nitrogens is 1. The van der Waals surface area contributed by atoms with E-state index < -0.39 is 0 Å². The Bertz CT molecular complexity index is 403. The third-order valence-electron chi connectivity index (χ3n) is 3.36. The molecule has 106 valence electrons. The van der Waals surface area contributed by atoms with Gasteiger partial charge >= 0.3 is 0 Å². The van der Waals surface area contributed by atoms with Crippen LogP contribution in [0.4, 0.5) is 0 Å². The third kappa shape index (κ3) is 4.87. The van der Waals surface area contributed by atoms with Gasteiger partial charge in [0.1, 0.15) is 5.84 Å². The summed E-state index contributed by atoms with van der Waals surface area (Å²) in [5, 5.41) is 15.2. The van der Waals surface area contributed by atoms with Crippen LogP contribution in [0.3, 0.4) is 0 Å². The molecule has 5 heteroatoms. The fourth-order valence-electron chi connectivity index (χ4n) is 1.85. The molecule has 1 atom stereocenters. The number of amidine groups is 1. The van der Waals surface area contributed by atoms with Crippen LogP contribution in [0.1, 0.15) is 45.3 Å². The minimum absolute atomic E-state index is 0.230. The summed E-state index contributed by atoms with van der Waals surface area (Å²) in [5.41, 5.74) is 6.42. The molecule has 0 fully saturated rings. The molecule has 0 spiro atoms. The Morgan fingerprint density at radius 3 is 2.84 bits per heavy atom. The summed E-state index contributed by atoms with van der Waals surface area (Å²) in [5.74, 6) is 0.283. The minimum Gasteiger partial charge on any atom is -0.409 e. The van der Waals surface area contributed by atoms with E-state index >= 15 is 0 Å². The molecule has 0 aliphatic heterocycles. The number of nitrogens with two attached hydrogens (primary N) is 1. The zero-order valence-electron chi connectivity index (χ0n) is 11.9. The van der Waals surface area contributed by atoms with Crippen LogP contribution >= 0.6 is 0 Å². The van der Waals surface area contributed by atoms with Gasteiger partial charge in [-0.1, -0.05) is 25.1 Å². The normalized spacial score (nSPS) is 14.4. The Morgan fingerprint density at radius 1 is 1.53 bits per heavy atom. The van der Waals surface area contributed by atoms with Crippen LogP contribution in [0, 0.1) is 5.41 Å². The van der Waals surface area contributed by atoms with Gasteiger partial charge < -0.3 is 16.3 Å². The van der Waals surface area contributed by atoms with Gasteiger partial charge in [-0.15, -0.1) is 0 Å². The van der Waals surface area contributed by atoms with E-state index in [1.807, 2.05) is 32.0 Å². The second kappa shape index (κ2) is 7.09. The lowest BCUT2D eigenvalue weighted by molar-refractivity contribution is 0.304. The lowest BCUT2D eigenvalue weighted by Gasteiger charge is -2.23. The van der Waals surface area contributed by atoms with Gasteiger partial charge in [-0.2, -0.15) is 0 Å².